The van der Waals surface area contributed by atoms with E-state index < -0.39 is 0 Å². The van der Waals surface area contributed by atoms with Crippen LogP contribution in [0.4, 0.5) is 0 Å². The Bertz CT molecular complexity index is 848. The second-order valence-corrected chi connectivity index (χ2v) is 6.78. The molecule has 1 fully saturated rings. The average Bonchev–Trinajstić information content (AvgIpc) is 3.07. The minimum Gasteiger partial charge on any atom is -0.488 e. The van der Waals surface area contributed by atoms with E-state index in [-0.39, 0.29) is 24.2 Å². The van der Waals surface area contributed by atoms with Gasteiger partial charge in [0.25, 0.3) is 11.5 Å². The van der Waals surface area contributed by atoms with Gasteiger partial charge in [-0.05, 0) is 37.3 Å². The van der Waals surface area contributed by atoms with E-state index in [2.05, 4.69) is 0 Å². The van der Waals surface area contributed by atoms with Gasteiger partial charge in [-0.2, -0.15) is 0 Å². The fraction of sp³-hybridized carbons (Fsp3) is 0.368. The van der Waals surface area contributed by atoms with Gasteiger partial charge in [-0.1, -0.05) is 11.6 Å². The maximum absolute atomic E-state index is 12.3. The molecule has 1 atom stereocenters. The maximum Gasteiger partial charge on any atom is 0.260 e. The molecule has 0 aliphatic carbocycles. The number of aryl methyl sites for hydroxylation is 1. The summed E-state index contributed by atoms with van der Waals surface area (Å²) in [5.41, 5.74) is 0.720. The molecule has 1 aromatic heterocycles. The summed E-state index contributed by atoms with van der Waals surface area (Å²) in [7, 11) is 1.72. The Morgan fingerprint density at radius 3 is 2.65 bits per heavy atom. The number of hydrogen-bond acceptors (Lipinski definition) is 4. The Kier molecular flexibility index (Phi) is 5.52. The lowest BCUT2D eigenvalue weighted by Gasteiger charge is -2.18. The molecule has 1 amide bonds. The summed E-state index contributed by atoms with van der Waals surface area (Å²) < 4.78 is 12.9. The molecule has 1 aliphatic rings. The number of carbonyl (C=O) groups is 1. The van der Waals surface area contributed by atoms with Gasteiger partial charge in [0.15, 0.2) is 6.61 Å². The van der Waals surface area contributed by atoms with Crippen LogP contribution in [0.25, 0.3) is 0 Å². The molecule has 0 saturated carbocycles. The van der Waals surface area contributed by atoms with Crippen molar-refractivity contribution in [3.05, 3.63) is 57.5 Å². The average molecular weight is 377 g/mol. The number of amides is 1. The number of nitrogens with zero attached hydrogens (tertiary/aromatic N) is 2. The van der Waals surface area contributed by atoms with Crippen LogP contribution < -0.4 is 15.0 Å². The third-order valence-corrected chi connectivity index (χ3v) is 4.70. The van der Waals surface area contributed by atoms with E-state index in [0.29, 0.717) is 29.6 Å². The van der Waals surface area contributed by atoms with Crippen LogP contribution in [-0.4, -0.2) is 41.2 Å². The van der Waals surface area contributed by atoms with Crippen molar-refractivity contribution in [3.63, 3.8) is 0 Å². The molecule has 26 heavy (non-hydrogen) atoms. The van der Waals surface area contributed by atoms with Crippen LogP contribution in [0, 0.1) is 6.92 Å². The molecule has 0 radical (unpaired) electrons. The number of aromatic nitrogens is 1. The molecular weight excluding hydrogens is 356 g/mol. The Labute approximate surface area is 156 Å². The van der Waals surface area contributed by atoms with Crippen LogP contribution in [-0.2, 0) is 11.8 Å². The van der Waals surface area contributed by atoms with Gasteiger partial charge in [0.05, 0.1) is 6.54 Å². The summed E-state index contributed by atoms with van der Waals surface area (Å²) in [5.74, 6) is 1.05. The smallest absolute Gasteiger partial charge is 0.260 e. The quantitative estimate of drug-likeness (QED) is 0.804. The number of carbonyl (C=O) groups excluding carboxylic acids is 1. The van der Waals surface area contributed by atoms with Gasteiger partial charge >= 0.3 is 0 Å². The first kappa shape index (κ1) is 18.3. The summed E-state index contributed by atoms with van der Waals surface area (Å²) >= 11 is 5.82. The van der Waals surface area contributed by atoms with E-state index in [1.807, 2.05) is 13.0 Å². The van der Waals surface area contributed by atoms with Gasteiger partial charge in [0.1, 0.15) is 17.6 Å². The fourth-order valence-electron chi connectivity index (χ4n) is 2.82. The molecule has 1 aromatic carbocycles. The Morgan fingerprint density at radius 1 is 1.23 bits per heavy atom. The van der Waals surface area contributed by atoms with Crippen molar-refractivity contribution >= 4 is 17.5 Å². The number of halogens is 1. The number of likely N-dealkylation sites (tertiary alicyclic amines) is 1. The molecule has 6 nitrogen and oxygen atoms in total. The Hall–Kier alpha value is -2.47. The van der Waals surface area contributed by atoms with Crippen molar-refractivity contribution in [2.24, 2.45) is 7.05 Å². The largest absolute Gasteiger partial charge is 0.488 e. The van der Waals surface area contributed by atoms with Crippen molar-refractivity contribution in [1.82, 2.24) is 9.47 Å². The van der Waals surface area contributed by atoms with Crippen molar-refractivity contribution in [2.45, 2.75) is 19.4 Å². The Balaban J connectivity index is 1.52. The van der Waals surface area contributed by atoms with Crippen molar-refractivity contribution in [1.29, 1.82) is 0 Å². The molecule has 138 valence electrons. The van der Waals surface area contributed by atoms with E-state index >= 15 is 0 Å². The van der Waals surface area contributed by atoms with Gasteiger partial charge in [-0.3, -0.25) is 9.59 Å². The third kappa shape index (κ3) is 4.38. The molecule has 0 N–H and O–H groups in total. The van der Waals surface area contributed by atoms with E-state index in [1.54, 1.807) is 40.8 Å². The normalized spacial score (nSPS) is 16.6. The van der Waals surface area contributed by atoms with Gasteiger partial charge in [-0.25, -0.2) is 0 Å². The first-order chi connectivity index (χ1) is 12.4. The highest BCUT2D eigenvalue weighted by Gasteiger charge is 2.28. The lowest BCUT2D eigenvalue weighted by molar-refractivity contribution is -0.132. The first-order valence-corrected chi connectivity index (χ1v) is 8.80. The zero-order valence-electron chi connectivity index (χ0n) is 14.8. The van der Waals surface area contributed by atoms with Crippen LogP contribution in [0.2, 0.25) is 5.02 Å². The van der Waals surface area contributed by atoms with Crippen LogP contribution >= 0.6 is 11.6 Å². The second-order valence-electron chi connectivity index (χ2n) is 6.34. The maximum atomic E-state index is 12.3. The second kappa shape index (κ2) is 7.83. The molecule has 0 spiro atoms. The highest BCUT2D eigenvalue weighted by atomic mass is 35.5. The van der Waals surface area contributed by atoms with Crippen LogP contribution in [0.15, 0.2) is 41.2 Å². The van der Waals surface area contributed by atoms with Crippen LogP contribution in [0.3, 0.4) is 0 Å². The molecule has 3 rings (SSSR count). The molecule has 1 aliphatic heterocycles. The van der Waals surface area contributed by atoms with Crippen molar-refractivity contribution < 1.29 is 14.3 Å². The molecule has 2 aromatic rings. The molecule has 7 heteroatoms. The predicted octanol–water partition coefficient (Wildman–Crippen LogP) is 2.41. The molecule has 1 saturated heterocycles. The van der Waals surface area contributed by atoms with E-state index in [0.717, 1.165) is 12.1 Å². The Morgan fingerprint density at radius 2 is 1.96 bits per heavy atom. The lowest BCUT2D eigenvalue weighted by atomic mass is 10.3. The number of pyridine rings is 1. The summed E-state index contributed by atoms with van der Waals surface area (Å²) in [6, 6.07) is 10.2. The topological polar surface area (TPSA) is 60.8 Å². The summed E-state index contributed by atoms with van der Waals surface area (Å²) in [4.78, 5) is 25.9. The number of benzene rings is 1. The molecule has 2 heterocycles. The highest BCUT2D eigenvalue weighted by Crippen LogP contribution is 2.19. The molecule has 1 unspecified atom stereocenters. The number of ether oxygens (including phenoxy) is 2. The van der Waals surface area contributed by atoms with Gasteiger partial charge < -0.3 is 18.9 Å². The highest BCUT2D eigenvalue weighted by molar-refractivity contribution is 6.30. The lowest BCUT2D eigenvalue weighted by Crippen LogP contribution is -2.34. The van der Waals surface area contributed by atoms with Crippen molar-refractivity contribution in [3.8, 4) is 11.5 Å². The number of rotatable bonds is 5. The molecular formula is C19H21ClN2O4. The van der Waals surface area contributed by atoms with E-state index in [4.69, 9.17) is 21.1 Å². The van der Waals surface area contributed by atoms with Gasteiger partial charge in [-0.15, -0.1) is 0 Å². The molecule has 0 bridgehead atoms. The SMILES string of the molecule is Cc1cc(OC2CCN(C(=O)COc3ccc(Cl)cc3)C2)cc(=O)n1C. The number of hydrogen-bond donors (Lipinski definition) is 0. The summed E-state index contributed by atoms with van der Waals surface area (Å²) in [6.07, 6.45) is 0.599. The van der Waals surface area contributed by atoms with Crippen molar-refractivity contribution in [2.75, 3.05) is 19.7 Å². The van der Waals surface area contributed by atoms with Crippen LogP contribution in [0.1, 0.15) is 12.1 Å². The fourth-order valence-corrected chi connectivity index (χ4v) is 2.94. The predicted molar refractivity (Wildman–Crippen MR) is 99.0 cm³/mol. The first-order valence-electron chi connectivity index (χ1n) is 8.43. The minimum atomic E-state index is -0.124. The van der Waals surface area contributed by atoms with E-state index in [9.17, 15) is 9.59 Å². The van der Waals surface area contributed by atoms with Crippen LogP contribution in [0.5, 0.6) is 11.5 Å². The minimum absolute atomic E-state index is 0.0284. The van der Waals surface area contributed by atoms with E-state index in [1.165, 1.54) is 6.07 Å². The monoisotopic (exact) mass is 376 g/mol. The third-order valence-electron chi connectivity index (χ3n) is 4.45. The summed E-state index contributed by atoms with van der Waals surface area (Å²) in [5, 5.41) is 0.620. The van der Waals surface area contributed by atoms with Gasteiger partial charge in [0.2, 0.25) is 0 Å². The zero-order valence-corrected chi connectivity index (χ0v) is 15.5. The standard InChI is InChI=1S/C19H21ClN2O4/c1-13-9-17(10-18(23)21(13)2)26-16-7-8-22(11-16)19(24)12-25-15-5-3-14(20)4-6-15/h3-6,9-10,16H,7-8,11-12H2,1-2H3. The van der Waals surface area contributed by atoms with Gasteiger partial charge in [0, 0.05) is 36.8 Å². The zero-order chi connectivity index (χ0) is 18.7. The summed E-state index contributed by atoms with van der Waals surface area (Å²) in [6.45, 7) is 2.92.